The molecule has 3 aliphatic rings. The van der Waals surface area contributed by atoms with Crippen molar-refractivity contribution in [3.63, 3.8) is 0 Å². The predicted octanol–water partition coefficient (Wildman–Crippen LogP) is 3.56. The Morgan fingerprint density at radius 3 is 2.57 bits per heavy atom. The molecular formula is C16H23Cl2N2O+. The molecule has 21 heavy (non-hydrogen) atoms. The van der Waals surface area contributed by atoms with Gasteiger partial charge in [-0.15, -0.1) is 16.6 Å². The first-order valence-corrected chi connectivity index (χ1v) is 8.52. The Balaban J connectivity index is 1.67. The Bertz CT molecular complexity index is 474. The third-order valence-corrected chi connectivity index (χ3v) is 5.86. The van der Waals surface area contributed by atoms with Crippen molar-refractivity contribution in [3.8, 4) is 0 Å². The molecule has 0 unspecified atom stereocenters. The second-order valence-corrected chi connectivity index (χ2v) is 7.35. The molecule has 3 heterocycles. The second-order valence-electron chi connectivity index (χ2n) is 6.31. The fourth-order valence-corrected chi connectivity index (χ4v) is 4.12. The Labute approximate surface area is 136 Å². The minimum absolute atomic E-state index is 0.0164. The molecule has 0 radical (unpaired) electrons. The van der Waals surface area contributed by atoms with E-state index in [0.717, 1.165) is 37.1 Å². The second kappa shape index (κ2) is 6.05. The van der Waals surface area contributed by atoms with Gasteiger partial charge >= 0.3 is 0 Å². The van der Waals surface area contributed by atoms with E-state index in [1.807, 2.05) is 18.2 Å². The van der Waals surface area contributed by atoms with Gasteiger partial charge in [0.15, 0.2) is 12.2 Å². The summed E-state index contributed by atoms with van der Waals surface area (Å²) in [5, 5.41) is 2.34. The van der Waals surface area contributed by atoms with E-state index in [-0.39, 0.29) is 11.1 Å². The van der Waals surface area contributed by atoms with Gasteiger partial charge in [-0.05, 0) is 12.5 Å². The summed E-state index contributed by atoms with van der Waals surface area (Å²) < 4.78 is 6.90. The number of rotatable bonds is 5. The maximum Gasteiger partial charge on any atom is 0.172 e. The molecule has 1 aromatic carbocycles. The number of halogens is 2. The van der Waals surface area contributed by atoms with E-state index in [2.05, 4.69) is 24.1 Å². The van der Waals surface area contributed by atoms with Gasteiger partial charge in [0.1, 0.15) is 0 Å². The van der Waals surface area contributed by atoms with Crippen molar-refractivity contribution in [1.29, 1.82) is 0 Å². The zero-order chi connectivity index (χ0) is 14.9. The van der Waals surface area contributed by atoms with Crippen molar-refractivity contribution in [2.24, 2.45) is 0 Å². The molecule has 4 rings (SSSR count). The normalized spacial score (nSPS) is 34.0. The molecule has 3 nitrogen and oxygen atoms in total. The van der Waals surface area contributed by atoms with Crippen LogP contribution >= 0.6 is 23.2 Å². The lowest BCUT2D eigenvalue weighted by Gasteiger charge is -2.58. The van der Waals surface area contributed by atoms with Crippen LogP contribution in [0.5, 0.6) is 0 Å². The van der Waals surface area contributed by atoms with Crippen molar-refractivity contribution < 1.29 is 9.33 Å². The zero-order valence-electron chi connectivity index (χ0n) is 12.5. The highest BCUT2D eigenvalue weighted by molar-refractivity contribution is 6.24. The summed E-state index contributed by atoms with van der Waals surface area (Å²) >= 11 is 13.0. The van der Waals surface area contributed by atoms with Crippen molar-refractivity contribution in [2.75, 3.05) is 25.6 Å². The molecule has 3 aliphatic heterocycles. The average molecular weight is 330 g/mol. The van der Waals surface area contributed by atoms with Gasteiger partial charge in [-0.2, -0.15) is 0 Å². The number of quaternary nitrogens is 1. The third-order valence-electron chi connectivity index (χ3n) is 4.92. The average Bonchev–Trinajstić information content (AvgIpc) is 2.54. The Hall–Kier alpha value is -0.320. The van der Waals surface area contributed by atoms with Crippen molar-refractivity contribution in [1.82, 2.24) is 5.01 Å². The quantitative estimate of drug-likeness (QED) is 0.465. The molecule has 5 heteroatoms. The first kappa shape index (κ1) is 15.6. The number of ether oxygens (including phenoxy) is 1. The minimum atomic E-state index is -0.0869. The largest absolute Gasteiger partial charge is 0.354 e. The number of hydrogen-bond acceptors (Lipinski definition) is 2. The number of benzene rings is 1. The van der Waals surface area contributed by atoms with Gasteiger partial charge in [0.2, 0.25) is 0 Å². The molecular weight excluding hydrogens is 307 g/mol. The molecule has 0 aromatic heterocycles. The fraction of sp³-hybridized carbons (Fsp3) is 0.625. The third kappa shape index (κ3) is 3.08. The van der Waals surface area contributed by atoms with Crippen molar-refractivity contribution in [2.45, 2.75) is 37.5 Å². The number of nitrogens with zero attached hydrogens (tertiary/aromatic N) is 2. The molecule has 0 saturated carbocycles. The molecule has 0 N–H and O–H groups in total. The highest BCUT2D eigenvalue weighted by Gasteiger charge is 2.54. The molecule has 0 amide bonds. The van der Waals surface area contributed by atoms with Crippen LogP contribution in [0.2, 0.25) is 0 Å². The summed E-state index contributed by atoms with van der Waals surface area (Å²) in [7, 11) is 0. The highest BCUT2D eigenvalue weighted by Crippen LogP contribution is 2.42. The van der Waals surface area contributed by atoms with Crippen LogP contribution in [0.15, 0.2) is 30.3 Å². The van der Waals surface area contributed by atoms with Crippen LogP contribution in [0, 0.1) is 0 Å². The molecule has 2 bridgehead atoms. The molecule has 0 spiro atoms. The van der Waals surface area contributed by atoms with Gasteiger partial charge in [-0.3, -0.25) is 0 Å². The Morgan fingerprint density at radius 1 is 1.29 bits per heavy atom. The standard InChI is InChI=1S/C16H23Cl2N2O/c1-14(21-11-15-5-3-2-4-6-15)19-12-16(18)7-9-20(19,13-17)10-8-16/h2-6,14H,7-13H2,1H3/q+1/t14-,16?,20?/m1/s1. The van der Waals surface area contributed by atoms with Gasteiger partial charge < -0.3 is 4.74 Å². The fourth-order valence-electron chi connectivity index (χ4n) is 3.45. The summed E-state index contributed by atoms with van der Waals surface area (Å²) in [6.07, 6.45) is 2.11. The van der Waals surface area contributed by atoms with E-state index in [4.69, 9.17) is 27.9 Å². The molecule has 116 valence electrons. The maximum absolute atomic E-state index is 6.72. The van der Waals surface area contributed by atoms with Crippen LogP contribution in [-0.4, -0.2) is 46.3 Å². The van der Waals surface area contributed by atoms with Crippen LogP contribution in [-0.2, 0) is 11.3 Å². The SMILES string of the molecule is C[C@@H](OCc1ccccc1)N1CC2(Cl)CC[N+]1(CCl)CC2. The van der Waals surface area contributed by atoms with Crippen molar-refractivity contribution in [3.05, 3.63) is 35.9 Å². The van der Waals surface area contributed by atoms with E-state index in [1.54, 1.807) is 0 Å². The van der Waals surface area contributed by atoms with Crippen LogP contribution in [0.1, 0.15) is 25.3 Å². The van der Waals surface area contributed by atoms with Crippen LogP contribution in [0.25, 0.3) is 0 Å². The van der Waals surface area contributed by atoms with Gasteiger partial charge in [0, 0.05) is 12.8 Å². The van der Waals surface area contributed by atoms with Gasteiger partial charge in [-0.25, -0.2) is 4.59 Å². The van der Waals surface area contributed by atoms with Gasteiger partial charge in [0.25, 0.3) is 0 Å². The summed E-state index contributed by atoms with van der Waals surface area (Å²) in [6, 6.07) is 10.9. The number of fused-ring (bicyclic) bond motifs is 3. The Morgan fingerprint density at radius 2 is 1.95 bits per heavy atom. The summed E-state index contributed by atoms with van der Waals surface area (Å²) in [4.78, 5) is -0.0869. The van der Waals surface area contributed by atoms with Crippen molar-refractivity contribution >= 4 is 23.2 Å². The molecule has 1 atom stereocenters. The zero-order valence-corrected chi connectivity index (χ0v) is 14.0. The summed E-state index contributed by atoms with van der Waals surface area (Å²) in [5.74, 6) is 0. The number of piperidine rings is 1. The number of hydrogen-bond donors (Lipinski definition) is 0. The first-order chi connectivity index (χ1) is 10.1. The smallest absolute Gasteiger partial charge is 0.172 e. The van der Waals surface area contributed by atoms with E-state index in [0.29, 0.717) is 12.6 Å². The van der Waals surface area contributed by atoms with Gasteiger partial charge in [0.05, 0.1) is 31.1 Å². The van der Waals surface area contributed by atoms with E-state index in [1.165, 1.54) is 5.56 Å². The molecule has 1 aromatic rings. The van der Waals surface area contributed by atoms with Crippen LogP contribution in [0.3, 0.4) is 0 Å². The summed E-state index contributed by atoms with van der Waals surface area (Å²) in [6.45, 7) is 5.63. The predicted molar refractivity (Wildman–Crippen MR) is 85.9 cm³/mol. The van der Waals surface area contributed by atoms with E-state index >= 15 is 0 Å². The lowest BCUT2D eigenvalue weighted by molar-refractivity contribution is -1.05. The highest BCUT2D eigenvalue weighted by atomic mass is 35.5. The van der Waals surface area contributed by atoms with Gasteiger partial charge in [-0.1, -0.05) is 41.9 Å². The van der Waals surface area contributed by atoms with E-state index in [9.17, 15) is 0 Å². The van der Waals surface area contributed by atoms with Crippen LogP contribution in [0.4, 0.5) is 0 Å². The monoisotopic (exact) mass is 329 g/mol. The molecule has 3 saturated heterocycles. The summed E-state index contributed by atoms with van der Waals surface area (Å²) in [5.41, 5.74) is 1.19. The Kier molecular flexibility index (Phi) is 4.49. The topological polar surface area (TPSA) is 12.5 Å². The molecule has 3 fully saturated rings. The van der Waals surface area contributed by atoms with Crippen LogP contribution < -0.4 is 0 Å². The lowest BCUT2D eigenvalue weighted by atomic mass is 9.91. The number of alkyl halides is 2. The lowest BCUT2D eigenvalue weighted by Crippen LogP contribution is -2.74. The minimum Gasteiger partial charge on any atom is -0.354 e. The molecule has 0 aliphatic carbocycles. The van der Waals surface area contributed by atoms with E-state index < -0.39 is 0 Å². The first-order valence-electron chi connectivity index (χ1n) is 7.61. The maximum atomic E-state index is 6.72.